The minimum absolute atomic E-state index is 0.0267. The molecule has 1 aliphatic heterocycles. The van der Waals surface area contributed by atoms with E-state index in [1.54, 1.807) is 0 Å². The van der Waals surface area contributed by atoms with Gasteiger partial charge in [0.25, 0.3) is 0 Å². The lowest BCUT2D eigenvalue weighted by molar-refractivity contribution is -0.155. The Balaban J connectivity index is 2.59. The number of nitrogens with two attached hydrogens (primary N) is 1. The summed E-state index contributed by atoms with van der Waals surface area (Å²) < 4.78 is 0. The number of hydrogen-bond acceptors (Lipinski definition) is 4. The summed E-state index contributed by atoms with van der Waals surface area (Å²) in [5.41, 5.74) is 4.49. The van der Waals surface area contributed by atoms with Crippen LogP contribution < -0.4 is 11.1 Å². The zero-order valence-electron chi connectivity index (χ0n) is 12.2. The maximum Gasteiger partial charge on any atom is 0.329 e. The van der Waals surface area contributed by atoms with Gasteiger partial charge in [0.15, 0.2) is 0 Å². The highest BCUT2D eigenvalue weighted by atomic mass is 16.4. The van der Waals surface area contributed by atoms with Crippen molar-refractivity contribution in [3.63, 3.8) is 0 Å². The fourth-order valence-corrected chi connectivity index (χ4v) is 2.26. The van der Waals surface area contributed by atoms with Crippen molar-refractivity contribution in [2.24, 2.45) is 11.7 Å². The van der Waals surface area contributed by atoms with Gasteiger partial charge in [-0.2, -0.15) is 0 Å². The van der Waals surface area contributed by atoms with E-state index in [1.807, 2.05) is 13.8 Å². The molecule has 2 amide bonds. The maximum atomic E-state index is 12.1. The van der Waals surface area contributed by atoms with Crippen LogP contribution in [0.2, 0.25) is 0 Å². The van der Waals surface area contributed by atoms with E-state index in [4.69, 9.17) is 5.73 Å². The molecule has 1 rings (SSSR count). The predicted molar refractivity (Wildman–Crippen MR) is 72.8 cm³/mol. The third kappa shape index (κ3) is 3.27. The normalized spacial score (nSPS) is 23.8. The van der Waals surface area contributed by atoms with E-state index in [1.165, 1.54) is 11.8 Å². The number of carbonyl (C=O) groups excluding carboxylic acids is 2. The SMILES string of the molecule is CC(C)[C@H](N)C(=O)NCC(=O)N1CCCC1(C)C(=O)O. The monoisotopic (exact) mass is 285 g/mol. The molecule has 7 nitrogen and oxygen atoms in total. The van der Waals surface area contributed by atoms with Gasteiger partial charge in [0.2, 0.25) is 11.8 Å². The van der Waals surface area contributed by atoms with Crippen LogP contribution in [0.15, 0.2) is 0 Å². The molecule has 1 saturated heterocycles. The highest BCUT2D eigenvalue weighted by molar-refractivity contribution is 5.91. The number of amides is 2. The molecule has 0 aromatic heterocycles. The molecule has 2 atom stereocenters. The average Bonchev–Trinajstić information content (AvgIpc) is 2.78. The number of hydrogen-bond donors (Lipinski definition) is 3. The van der Waals surface area contributed by atoms with E-state index in [-0.39, 0.29) is 12.5 Å². The predicted octanol–water partition coefficient (Wildman–Crippen LogP) is -0.448. The van der Waals surface area contributed by atoms with Crippen molar-refractivity contribution in [3.05, 3.63) is 0 Å². The van der Waals surface area contributed by atoms with Crippen molar-refractivity contribution in [2.75, 3.05) is 13.1 Å². The largest absolute Gasteiger partial charge is 0.480 e. The second kappa shape index (κ2) is 6.21. The van der Waals surface area contributed by atoms with Crippen LogP contribution in [0.25, 0.3) is 0 Å². The Morgan fingerprint density at radius 3 is 2.50 bits per heavy atom. The fraction of sp³-hybridized carbons (Fsp3) is 0.769. The van der Waals surface area contributed by atoms with Gasteiger partial charge in [-0.15, -0.1) is 0 Å². The first-order valence-corrected chi connectivity index (χ1v) is 6.77. The molecule has 1 heterocycles. The number of carboxylic acid groups (broad SMARTS) is 1. The van der Waals surface area contributed by atoms with Crippen LogP contribution in [0.1, 0.15) is 33.6 Å². The molecule has 20 heavy (non-hydrogen) atoms. The standard InChI is InChI=1S/C13H23N3O4/c1-8(2)10(14)11(18)15-7-9(17)16-6-4-5-13(16,3)12(19)20/h8,10H,4-7,14H2,1-3H3,(H,15,18)(H,19,20)/t10-,13?/m0/s1. The van der Waals surface area contributed by atoms with Crippen molar-refractivity contribution < 1.29 is 19.5 Å². The number of likely N-dealkylation sites (tertiary alicyclic amines) is 1. The van der Waals surface area contributed by atoms with Gasteiger partial charge >= 0.3 is 5.97 Å². The van der Waals surface area contributed by atoms with Crippen LogP contribution in [-0.2, 0) is 14.4 Å². The second-order valence-corrected chi connectivity index (χ2v) is 5.72. The van der Waals surface area contributed by atoms with Crippen molar-refractivity contribution in [1.29, 1.82) is 0 Å². The van der Waals surface area contributed by atoms with E-state index in [0.717, 1.165) is 0 Å². The molecular weight excluding hydrogens is 262 g/mol. The van der Waals surface area contributed by atoms with E-state index < -0.39 is 29.4 Å². The Kier molecular flexibility index (Phi) is 5.10. The van der Waals surface area contributed by atoms with E-state index >= 15 is 0 Å². The minimum Gasteiger partial charge on any atom is -0.480 e. The number of nitrogens with zero attached hydrogens (tertiary/aromatic N) is 1. The first-order valence-electron chi connectivity index (χ1n) is 6.77. The lowest BCUT2D eigenvalue weighted by atomic mass is 9.99. The third-order valence-electron chi connectivity index (χ3n) is 3.84. The topological polar surface area (TPSA) is 113 Å². The molecule has 1 unspecified atom stereocenters. The van der Waals surface area contributed by atoms with Crippen molar-refractivity contribution >= 4 is 17.8 Å². The maximum absolute atomic E-state index is 12.1. The number of aliphatic carboxylic acids is 1. The van der Waals surface area contributed by atoms with Crippen molar-refractivity contribution in [1.82, 2.24) is 10.2 Å². The summed E-state index contributed by atoms with van der Waals surface area (Å²) in [5, 5.41) is 11.7. The molecule has 0 aliphatic carbocycles. The molecular formula is C13H23N3O4. The van der Waals surface area contributed by atoms with Crippen LogP contribution in [0.3, 0.4) is 0 Å². The molecule has 0 spiro atoms. The smallest absolute Gasteiger partial charge is 0.329 e. The van der Waals surface area contributed by atoms with Gasteiger partial charge < -0.3 is 21.1 Å². The second-order valence-electron chi connectivity index (χ2n) is 5.72. The highest BCUT2D eigenvalue weighted by Gasteiger charge is 2.45. The number of carbonyl (C=O) groups is 3. The molecule has 114 valence electrons. The van der Waals surface area contributed by atoms with Crippen LogP contribution >= 0.6 is 0 Å². The molecule has 0 aromatic carbocycles. The summed E-state index contributed by atoms with van der Waals surface area (Å²) in [6.07, 6.45) is 1.07. The molecule has 7 heteroatoms. The van der Waals surface area contributed by atoms with Gasteiger partial charge in [0.05, 0.1) is 12.6 Å². The Hall–Kier alpha value is -1.63. The van der Waals surface area contributed by atoms with Crippen LogP contribution in [0.4, 0.5) is 0 Å². The van der Waals surface area contributed by atoms with Gasteiger partial charge in [-0.05, 0) is 25.7 Å². The molecule has 0 aromatic rings. The van der Waals surface area contributed by atoms with Gasteiger partial charge in [-0.25, -0.2) is 4.79 Å². The molecule has 1 fully saturated rings. The summed E-state index contributed by atoms with van der Waals surface area (Å²) in [5.74, 6) is -1.84. The Labute approximate surface area is 118 Å². The Morgan fingerprint density at radius 2 is 2.00 bits per heavy atom. The molecule has 0 radical (unpaired) electrons. The Morgan fingerprint density at radius 1 is 1.40 bits per heavy atom. The van der Waals surface area contributed by atoms with E-state index in [2.05, 4.69) is 5.32 Å². The van der Waals surface area contributed by atoms with Crippen LogP contribution in [0, 0.1) is 5.92 Å². The zero-order valence-corrected chi connectivity index (χ0v) is 12.2. The summed E-state index contributed by atoms with van der Waals surface area (Å²) in [7, 11) is 0. The summed E-state index contributed by atoms with van der Waals surface area (Å²) in [4.78, 5) is 36.3. The van der Waals surface area contributed by atoms with E-state index in [9.17, 15) is 19.5 Å². The number of nitrogens with one attached hydrogen (secondary N) is 1. The zero-order chi connectivity index (χ0) is 15.5. The highest BCUT2D eigenvalue weighted by Crippen LogP contribution is 2.29. The summed E-state index contributed by atoms with van der Waals surface area (Å²) in [6, 6.07) is -0.674. The van der Waals surface area contributed by atoms with E-state index in [0.29, 0.717) is 19.4 Å². The Bertz CT molecular complexity index is 410. The van der Waals surface area contributed by atoms with Gasteiger partial charge in [-0.1, -0.05) is 13.8 Å². The fourth-order valence-electron chi connectivity index (χ4n) is 2.26. The lowest BCUT2D eigenvalue weighted by Gasteiger charge is -2.31. The van der Waals surface area contributed by atoms with Crippen molar-refractivity contribution in [2.45, 2.75) is 45.2 Å². The van der Waals surface area contributed by atoms with Crippen LogP contribution in [0.5, 0.6) is 0 Å². The summed E-state index contributed by atoms with van der Waals surface area (Å²) >= 11 is 0. The average molecular weight is 285 g/mol. The molecule has 4 N–H and O–H groups in total. The van der Waals surface area contributed by atoms with Gasteiger partial charge in [-0.3, -0.25) is 9.59 Å². The van der Waals surface area contributed by atoms with Gasteiger partial charge in [0, 0.05) is 6.54 Å². The van der Waals surface area contributed by atoms with Crippen molar-refractivity contribution in [3.8, 4) is 0 Å². The lowest BCUT2D eigenvalue weighted by Crippen LogP contribution is -2.54. The first-order chi connectivity index (χ1) is 9.20. The number of carboxylic acids is 1. The van der Waals surface area contributed by atoms with Crippen LogP contribution in [-0.4, -0.2) is 52.5 Å². The molecule has 0 saturated carbocycles. The quantitative estimate of drug-likeness (QED) is 0.633. The first kappa shape index (κ1) is 16.4. The number of rotatable bonds is 5. The minimum atomic E-state index is -1.18. The third-order valence-corrected chi connectivity index (χ3v) is 3.84. The molecule has 0 bridgehead atoms. The summed E-state index contributed by atoms with van der Waals surface area (Å²) in [6.45, 7) is 5.33. The van der Waals surface area contributed by atoms with Gasteiger partial charge in [0.1, 0.15) is 5.54 Å². The molecule has 1 aliphatic rings.